The third kappa shape index (κ3) is 3.43. The molecule has 2 aromatic rings. The first kappa shape index (κ1) is 18.0. The van der Waals surface area contributed by atoms with Crippen molar-refractivity contribution in [3.05, 3.63) is 52.6 Å². The zero-order chi connectivity index (χ0) is 18.8. The van der Waals surface area contributed by atoms with Gasteiger partial charge in [-0.05, 0) is 32.8 Å². The summed E-state index contributed by atoms with van der Waals surface area (Å²) in [6.07, 6.45) is 3.22. The van der Waals surface area contributed by atoms with Gasteiger partial charge in [0.2, 0.25) is 0 Å². The maximum Gasteiger partial charge on any atom is 0.132 e. The van der Waals surface area contributed by atoms with Gasteiger partial charge in [-0.1, -0.05) is 17.7 Å². The Labute approximate surface area is 153 Å². The zero-order valence-electron chi connectivity index (χ0n) is 15.2. The highest BCUT2D eigenvalue weighted by Gasteiger charge is 2.29. The van der Waals surface area contributed by atoms with Gasteiger partial charge in [-0.25, -0.2) is 0 Å². The fourth-order valence-electron chi connectivity index (χ4n) is 3.35. The van der Waals surface area contributed by atoms with Crippen molar-refractivity contribution in [3.8, 4) is 28.7 Å². The van der Waals surface area contributed by atoms with Gasteiger partial charge >= 0.3 is 0 Å². The molecule has 1 aliphatic rings. The van der Waals surface area contributed by atoms with Crippen LogP contribution in [0.25, 0.3) is 0 Å². The van der Waals surface area contributed by atoms with Gasteiger partial charge in [0.05, 0.1) is 13.7 Å². The number of allylic oxidation sites excluding steroid dienone is 2. The van der Waals surface area contributed by atoms with E-state index >= 15 is 0 Å². The molecule has 0 aromatic heterocycles. The number of benzene rings is 2. The predicted octanol–water partition coefficient (Wildman–Crippen LogP) is 4.04. The third-order valence-electron chi connectivity index (χ3n) is 4.69. The number of methoxy groups -OCH3 is 1. The second-order valence-electron chi connectivity index (χ2n) is 6.82. The molecule has 3 N–H and O–H groups in total. The maximum atomic E-state index is 10.4. The smallest absolute Gasteiger partial charge is 0.132 e. The van der Waals surface area contributed by atoms with Gasteiger partial charge in [0.15, 0.2) is 0 Å². The van der Waals surface area contributed by atoms with E-state index in [2.05, 4.69) is 0 Å². The second kappa shape index (κ2) is 7.20. The van der Waals surface area contributed by atoms with E-state index in [1.54, 1.807) is 25.3 Å². The lowest BCUT2D eigenvalue weighted by Gasteiger charge is -2.28. The number of ether oxygens (including phenoxy) is 2. The Balaban J connectivity index is 2.01. The Bertz CT molecular complexity index is 850. The summed E-state index contributed by atoms with van der Waals surface area (Å²) < 4.78 is 11.5. The first-order chi connectivity index (χ1) is 12.4. The molecule has 2 aromatic carbocycles. The molecule has 5 heteroatoms. The molecule has 0 amide bonds. The van der Waals surface area contributed by atoms with E-state index in [1.165, 1.54) is 6.07 Å². The van der Waals surface area contributed by atoms with E-state index in [9.17, 15) is 15.3 Å². The highest BCUT2D eigenvalue weighted by Crippen LogP contribution is 2.45. The molecule has 1 heterocycles. The summed E-state index contributed by atoms with van der Waals surface area (Å²) in [6.45, 7) is 4.39. The average Bonchev–Trinajstić information content (AvgIpc) is 2.59. The Kier molecular flexibility index (Phi) is 4.98. The van der Waals surface area contributed by atoms with Crippen molar-refractivity contribution < 1.29 is 24.8 Å². The van der Waals surface area contributed by atoms with E-state index in [-0.39, 0.29) is 23.2 Å². The molecule has 138 valence electrons. The molecule has 0 bridgehead atoms. The number of phenolic OH excluding ortho intramolecular Hbond substituents is 3. The lowest BCUT2D eigenvalue weighted by atomic mass is 9.87. The molecule has 1 aliphatic heterocycles. The van der Waals surface area contributed by atoms with Crippen LogP contribution in [-0.2, 0) is 12.8 Å². The first-order valence-corrected chi connectivity index (χ1v) is 8.60. The summed E-state index contributed by atoms with van der Waals surface area (Å²) in [6, 6.07) is 6.23. The molecule has 1 atom stereocenters. The number of aromatic hydroxyl groups is 3. The van der Waals surface area contributed by atoms with Crippen LogP contribution in [0.5, 0.6) is 28.7 Å². The molecule has 0 saturated carbocycles. The van der Waals surface area contributed by atoms with Crippen LogP contribution >= 0.6 is 0 Å². The van der Waals surface area contributed by atoms with Crippen LogP contribution in [0.15, 0.2) is 35.9 Å². The topological polar surface area (TPSA) is 79.2 Å². The van der Waals surface area contributed by atoms with Crippen molar-refractivity contribution in [2.75, 3.05) is 13.7 Å². The summed E-state index contributed by atoms with van der Waals surface area (Å²) in [5, 5.41) is 30.1. The monoisotopic (exact) mass is 356 g/mol. The van der Waals surface area contributed by atoms with E-state index < -0.39 is 0 Å². The quantitative estimate of drug-likeness (QED) is 0.721. The van der Waals surface area contributed by atoms with Crippen molar-refractivity contribution in [3.63, 3.8) is 0 Å². The minimum atomic E-state index is -0.0714. The average molecular weight is 356 g/mol. The summed E-state index contributed by atoms with van der Waals surface area (Å²) in [5.74, 6) is 1.39. The number of phenols is 3. The molecule has 26 heavy (non-hydrogen) atoms. The number of hydrogen-bond acceptors (Lipinski definition) is 5. The maximum absolute atomic E-state index is 10.4. The molecule has 3 rings (SSSR count). The van der Waals surface area contributed by atoms with E-state index in [4.69, 9.17) is 9.47 Å². The van der Waals surface area contributed by atoms with Crippen LogP contribution in [0.4, 0.5) is 0 Å². The van der Waals surface area contributed by atoms with Crippen LogP contribution in [0.3, 0.4) is 0 Å². The molecular formula is C21H24O5. The van der Waals surface area contributed by atoms with Gasteiger partial charge in [0.25, 0.3) is 0 Å². The Morgan fingerprint density at radius 1 is 1.19 bits per heavy atom. The normalized spacial score (nSPS) is 15.7. The summed E-state index contributed by atoms with van der Waals surface area (Å²) in [7, 11) is 1.59. The van der Waals surface area contributed by atoms with Crippen molar-refractivity contribution in [1.29, 1.82) is 0 Å². The van der Waals surface area contributed by atoms with Gasteiger partial charge in [-0.2, -0.15) is 0 Å². The van der Waals surface area contributed by atoms with Crippen LogP contribution in [0.2, 0.25) is 0 Å². The number of hydrogen-bond donors (Lipinski definition) is 3. The zero-order valence-corrected chi connectivity index (χ0v) is 15.2. The molecule has 0 spiro atoms. The highest BCUT2D eigenvalue weighted by atomic mass is 16.5. The lowest BCUT2D eigenvalue weighted by molar-refractivity contribution is 0.252. The molecule has 0 saturated heterocycles. The van der Waals surface area contributed by atoms with Crippen molar-refractivity contribution in [2.24, 2.45) is 0 Å². The second-order valence-corrected chi connectivity index (χ2v) is 6.82. The number of rotatable bonds is 4. The van der Waals surface area contributed by atoms with E-state index in [1.807, 2.05) is 19.9 Å². The molecule has 0 radical (unpaired) electrons. The minimum absolute atomic E-state index is 0.0230. The summed E-state index contributed by atoms with van der Waals surface area (Å²) >= 11 is 0. The Morgan fingerprint density at radius 3 is 2.62 bits per heavy atom. The van der Waals surface area contributed by atoms with Gasteiger partial charge < -0.3 is 24.8 Å². The van der Waals surface area contributed by atoms with Crippen molar-refractivity contribution >= 4 is 0 Å². The molecular weight excluding hydrogens is 332 g/mol. The summed E-state index contributed by atoms with van der Waals surface area (Å²) in [5.41, 5.74) is 3.49. The van der Waals surface area contributed by atoms with Crippen LogP contribution in [0.1, 0.15) is 36.5 Å². The minimum Gasteiger partial charge on any atom is -0.508 e. The fourth-order valence-corrected chi connectivity index (χ4v) is 3.35. The third-order valence-corrected chi connectivity index (χ3v) is 4.69. The van der Waals surface area contributed by atoms with E-state index in [0.29, 0.717) is 30.9 Å². The molecule has 0 aliphatic carbocycles. The Morgan fingerprint density at radius 2 is 1.96 bits per heavy atom. The Hall–Kier alpha value is -2.82. The molecule has 0 unspecified atom stereocenters. The fraction of sp³-hybridized carbons (Fsp3) is 0.333. The summed E-state index contributed by atoms with van der Waals surface area (Å²) in [4.78, 5) is 0. The van der Waals surface area contributed by atoms with Crippen molar-refractivity contribution in [1.82, 2.24) is 0 Å². The highest BCUT2D eigenvalue weighted by molar-refractivity contribution is 5.59. The van der Waals surface area contributed by atoms with Gasteiger partial charge in [-0.3, -0.25) is 0 Å². The largest absolute Gasteiger partial charge is 0.508 e. The predicted molar refractivity (Wildman–Crippen MR) is 99.5 cm³/mol. The molecule has 5 nitrogen and oxygen atoms in total. The van der Waals surface area contributed by atoms with Gasteiger partial charge in [0, 0.05) is 34.7 Å². The standard InChI is InChI=1S/C21H24O5/c1-12(2)4-6-16-19(24)10-20-17(21(16)25-3)8-13(11-26-20)15-7-5-14(22)9-18(15)23/h4-5,7,9-10,13,22-24H,6,8,11H2,1-3H3/t13-/m1/s1. The lowest BCUT2D eigenvalue weighted by Crippen LogP contribution is -2.20. The van der Waals surface area contributed by atoms with Crippen LogP contribution in [-0.4, -0.2) is 29.0 Å². The number of fused-ring (bicyclic) bond motifs is 1. The van der Waals surface area contributed by atoms with E-state index in [0.717, 1.165) is 22.3 Å². The van der Waals surface area contributed by atoms with Crippen LogP contribution < -0.4 is 9.47 Å². The van der Waals surface area contributed by atoms with Gasteiger partial charge in [0.1, 0.15) is 28.7 Å². The van der Waals surface area contributed by atoms with Gasteiger partial charge in [-0.15, -0.1) is 0 Å². The first-order valence-electron chi connectivity index (χ1n) is 8.60. The van der Waals surface area contributed by atoms with Crippen LogP contribution in [0, 0.1) is 0 Å². The van der Waals surface area contributed by atoms with Crippen molar-refractivity contribution in [2.45, 2.75) is 32.6 Å². The molecule has 0 fully saturated rings. The SMILES string of the molecule is COc1c(CC=C(C)C)c(O)cc2c1C[C@@H](c1ccc(O)cc1O)CO2.